The van der Waals surface area contributed by atoms with Crippen LogP contribution >= 0.6 is 11.3 Å². The van der Waals surface area contributed by atoms with Crippen LogP contribution in [-0.4, -0.2) is 26.5 Å². The van der Waals surface area contributed by atoms with E-state index in [9.17, 15) is 0 Å². The fourth-order valence-electron chi connectivity index (χ4n) is 2.25. The lowest BCUT2D eigenvalue weighted by Crippen LogP contribution is -2.07. The average Bonchev–Trinajstić information content (AvgIpc) is 3.00. The second kappa shape index (κ2) is 5.22. The Morgan fingerprint density at radius 2 is 2.15 bits per heavy atom. The topological polar surface area (TPSA) is 77.0 Å². The highest BCUT2D eigenvalue weighted by molar-refractivity contribution is 7.21. The minimum absolute atomic E-state index is 0.0221. The minimum Gasteiger partial charge on any atom is -0.394 e. The van der Waals surface area contributed by atoms with E-state index >= 15 is 0 Å². The van der Waals surface area contributed by atoms with E-state index < -0.39 is 0 Å². The number of aryl methyl sites for hydroxylation is 1. The van der Waals surface area contributed by atoms with E-state index in [2.05, 4.69) is 16.1 Å². The molecule has 0 amide bonds. The lowest BCUT2D eigenvalue weighted by molar-refractivity contribution is 0.270. The van der Waals surface area contributed by atoms with Crippen molar-refractivity contribution in [3.63, 3.8) is 0 Å². The number of nitrogens with two attached hydrogens (primary N) is 1. The molecule has 0 radical (unpaired) electrons. The summed E-state index contributed by atoms with van der Waals surface area (Å²) in [6.07, 6.45) is 0.786. The third-order valence-corrected chi connectivity index (χ3v) is 4.27. The standard InChI is InChI=1S/C14H16N4OS/c1-2-9-12(13(15)18(17-9)7-8-19)14-16-10-5-3-4-6-11(10)20-14/h3-6,19H,2,7-8,15H2,1H3. The van der Waals surface area contributed by atoms with Crippen molar-refractivity contribution in [1.82, 2.24) is 14.8 Å². The van der Waals surface area contributed by atoms with Gasteiger partial charge in [0.05, 0.1) is 34.6 Å². The quantitative estimate of drug-likeness (QED) is 0.772. The Balaban J connectivity index is 2.17. The molecule has 5 nitrogen and oxygen atoms in total. The number of thiazole rings is 1. The summed E-state index contributed by atoms with van der Waals surface area (Å²) in [6.45, 7) is 2.47. The highest BCUT2D eigenvalue weighted by Crippen LogP contribution is 2.35. The van der Waals surface area contributed by atoms with Crippen molar-refractivity contribution in [3.8, 4) is 10.6 Å². The maximum Gasteiger partial charge on any atom is 0.132 e. The number of anilines is 1. The molecule has 0 spiro atoms. The van der Waals surface area contributed by atoms with Gasteiger partial charge in [-0.25, -0.2) is 9.67 Å². The molecule has 1 aromatic carbocycles. The monoisotopic (exact) mass is 288 g/mol. The van der Waals surface area contributed by atoms with Crippen molar-refractivity contribution < 1.29 is 5.11 Å². The molecular formula is C14H16N4OS. The van der Waals surface area contributed by atoms with Gasteiger partial charge in [0.25, 0.3) is 0 Å². The van der Waals surface area contributed by atoms with Crippen molar-refractivity contribution in [1.29, 1.82) is 0 Å². The lowest BCUT2D eigenvalue weighted by Gasteiger charge is -2.00. The van der Waals surface area contributed by atoms with Gasteiger partial charge in [-0.1, -0.05) is 19.1 Å². The Morgan fingerprint density at radius 3 is 2.85 bits per heavy atom. The Morgan fingerprint density at radius 1 is 1.35 bits per heavy atom. The number of nitrogen functional groups attached to an aromatic ring is 1. The number of hydrogen-bond donors (Lipinski definition) is 2. The fourth-order valence-corrected chi connectivity index (χ4v) is 3.29. The summed E-state index contributed by atoms with van der Waals surface area (Å²) >= 11 is 1.62. The molecule has 0 saturated carbocycles. The number of aromatic nitrogens is 3. The Hall–Kier alpha value is -1.92. The van der Waals surface area contributed by atoms with Crippen molar-refractivity contribution in [2.75, 3.05) is 12.3 Å². The van der Waals surface area contributed by atoms with Crippen LogP contribution in [0.4, 0.5) is 5.82 Å². The first-order chi connectivity index (χ1) is 9.74. The van der Waals surface area contributed by atoms with Gasteiger partial charge in [0.15, 0.2) is 0 Å². The van der Waals surface area contributed by atoms with E-state index in [0.717, 1.165) is 32.9 Å². The normalized spacial score (nSPS) is 11.3. The van der Waals surface area contributed by atoms with Crippen LogP contribution < -0.4 is 5.73 Å². The van der Waals surface area contributed by atoms with Crippen LogP contribution in [0.15, 0.2) is 24.3 Å². The molecule has 20 heavy (non-hydrogen) atoms. The number of aliphatic hydroxyl groups excluding tert-OH is 1. The van der Waals surface area contributed by atoms with Crippen LogP contribution in [0.2, 0.25) is 0 Å². The van der Waals surface area contributed by atoms with E-state index in [1.807, 2.05) is 25.1 Å². The van der Waals surface area contributed by atoms with Crippen LogP contribution in [-0.2, 0) is 13.0 Å². The fraction of sp³-hybridized carbons (Fsp3) is 0.286. The first-order valence-corrected chi connectivity index (χ1v) is 7.38. The maximum absolute atomic E-state index is 9.07. The molecule has 2 heterocycles. The number of nitrogens with zero attached hydrogens (tertiary/aromatic N) is 3. The third-order valence-electron chi connectivity index (χ3n) is 3.22. The summed E-state index contributed by atoms with van der Waals surface area (Å²) in [5.41, 5.74) is 8.98. The molecule has 0 aliphatic carbocycles. The summed E-state index contributed by atoms with van der Waals surface area (Å²) in [5.74, 6) is 0.579. The van der Waals surface area contributed by atoms with Gasteiger partial charge in [-0.3, -0.25) is 0 Å². The highest BCUT2D eigenvalue weighted by Gasteiger charge is 2.19. The zero-order chi connectivity index (χ0) is 14.1. The predicted molar refractivity (Wildman–Crippen MR) is 81.7 cm³/mol. The maximum atomic E-state index is 9.07. The summed E-state index contributed by atoms with van der Waals surface area (Å²) in [7, 11) is 0. The molecule has 0 aliphatic rings. The Labute approximate surface area is 120 Å². The molecule has 0 saturated heterocycles. The van der Waals surface area contributed by atoms with Gasteiger partial charge in [-0.2, -0.15) is 5.10 Å². The van der Waals surface area contributed by atoms with Gasteiger partial charge in [0.2, 0.25) is 0 Å². The van der Waals surface area contributed by atoms with E-state index in [1.54, 1.807) is 16.0 Å². The molecule has 0 fully saturated rings. The average molecular weight is 288 g/mol. The molecule has 104 valence electrons. The zero-order valence-corrected chi connectivity index (χ0v) is 12.0. The Kier molecular flexibility index (Phi) is 3.42. The predicted octanol–water partition coefficient (Wildman–Crippen LogP) is 2.30. The van der Waals surface area contributed by atoms with E-state index in [4.69, 9.17) is 10.8 Å². The zero-order valence-electron chi connectivity index (χ0n) is 11.2. The summed E-state index contributed by atoms with van der Waals surface area (Å²) < 4.78 is 2.79. The van der Waals surface area contributed by atoms with Crippen molar-refractivity contribution >= 4 is 27.4 Å². The van der Waals surface area contributed by atoms with Gasteiger partial charge in [0.1, 0.15) is 10.8 Å². The van der Waals surface area contributed by atoms with Crippen LogP contribution in [0, 0.1) is 0 Å². The van der Waals surface area contributed by atoms with Crippen molar-refractivity contribution in [3.05, 3.63) is 30.0 Å². The SMILES string of the molecule is CCc1nn(CCO)c(N)c1-c1nc2ccccc2s1. The number of rotatable bonds is 4. The minimum atomic E-state index is 0.0221. The van der Waals surface area contributed by atoms with Crippen molar-refractivity contribution in [2.24, 2.45) is 0 Å². The largest absolute Gasteiger partial charge is 0.394 e. The number of benzene rings is 1. The molecule has 2 aromatic heterocycles. The van der Waals surface area contributed by atoms with Crippen molar-refractivity contribution in [2.45, 2.75) is 19.9 Å². The molecule has 6 heteroatoms. The molecule has 0 atom stereocenters. The lowest BCUT2D eigenvalue weighted by atomic mass is 10.2. The highest BCUT2D eigenvalue weighted by atomic mass is 32.1. The summed E-state index contributed by atoms with van der Waals surface area (Å²) in [5, 5.41) is 14.4. The molecule has 0 aliphatic heterocycles. The van der Waals surface area contributed by atoms with Crippen LogP contribution in [0.3, 0.4) is 0 Å². The second-order valence-electron chi connectivity index (χ2n) is 4.49. The smallest absolute Gasteiger partial charge is 0.132 e. The van der Waals surface area contributed by atoms with Gasteiger partial charge < -0.3 is 10.8 Å². The molecule has 0 bridgehead atoms. The molecule has 3 rings (SSSR count). The van der Waals surface area contributed by atoms with Gasteiger partial charge in [0, 0.05) is 0 Å². The summed E-state index contributed by atoms with van der Waals surface area (Å²) in [6, 6.07) is 8.03. The third kappa shape index (κ3) is 2.07. The molecular weight excluding hydrogens is 272 g/mol. The number of hydrogen-bond acceptors (Lipinski definition) is 5. The first kappa shape index (κ1) is 13.1. The second-order valence-corrected chi connectivity index (χ2v) is 5.52. The van der Waals surface area contributed by atoms with Gasteiger partial charge in [-0.15, -0.1) is 11.3 Å². The first-order valence-electron chi connectivity index (χ1n) is 6.56. The van der Waals surface area contributed by atoms with Crippen LogP contribution in [0.1, 0.15) is 12.6 Å². The number of aliphatic hydroxyl groups is 1. The van der Waals surface area contributed by atoms with E-state index in [-0.39, 0.29) is 6.61 Å². The van der Waals surface area contributed by atoms with Gasteiger partial charge >= 0.3 is 0 Å². The van der Waals surface area contributed by atoms with E-state index in [1.165, 1.54) is 0 Å². The molecule has 3 aromatic rings. The van der Waals surface area contributed by atoms with Crippen LogP contribution in [0.25, 0.3) is 20.8 Å². The number of para-hydroxylation sites is 1. The Bertz CT molecular complexity index is 714. The molecule has 3 N–H and O–H groups in total. The molecule has 0 unspecified atom stereocenters. The van der Waals surface area contributed by atoms with Gasteiger partial charge in [-0.05, 0) is 18.6 Å². The summed E-state index contributed by atoms with van der Waals surface area (Å²) in [4.78, 5) is 4.65. The number of fused-ring (bicyclic) bond motifs is 1. The van der Waals surface area contributed by atoms with Crippen LogP contribution in [0.5, 0.6) is 0 Å². The van der Waals surface area contributed by atoms with E-state index in [0.29, 0.717) is 12.4 Å².